The molecule has 2 aromatic rings. The molecule has 2 amide bonds. The second-order valence-corrected chi connectivity index (χ2v) is 8.57. The smallest absolute Gasteiger partial charge is 0.338 e. The van der Waals surface area contributed by atoms with Gasteiger partial charge in [0.1, 0.15) is 5.70 Å². The third-order valence-corrected chi connectivity index (χ3v) is 6.33. The molecule has 0 N–H and O–H groups in total. The summed E-state index contributed by atoms with van der Waals surface area (Å²) in [5.41, 5.74) is 1.75. The molecule has 1 aromatic carbocycles. The number of hydrogen-bond donors (Lipinski definition) is 0. The van der Waals surface area contributed by atoms with E-state index in [0.717, 1.165) is 24.4 Å². The highest BCUT2D eigenvalue weighted by Gasteiger charge is 2.43. The first-order valence-corrected chi connectivity index (χ1v) is 11.3. The Labute approximate surface area is 185 Å². The van der Waals surface area contributed by atoms with Crippen molar-refractivity contribution in [3.63, 3.8) is 0 Å². The van der Waals surface area contributed by atoms with Crippen molar-refractivity contribution in [3.8, 4) is 0 Å². The van der Waals surface area contributed by atoms with E-state index in [4.69, 9.17) is 4.74 Å². The summed E-state index contributed by atoms with van der Waals surface area (Å²) >= 11 is 1.45. The van der Waals surface area contributed by atoms with Crippen molar-refractivity contribution in [1.82, 2.24) is 9.80 Å². The van der Waals surface area contributed by atoms with Gasteiger partial charge in [0.2, 0.25) is 0 Å². The predicted molar refractivity (Wildman–Crippen MR) is 120 cm³/mol. The third kappa shape index (κ3) is 4.13. The number of rotatable bonds is 6. The molecule has 3 heterocycles. The fraction of sp³-hybridized carbons (Fsp3) is 0.348. The summed E-state index contributed by atoms with van der Waals surface area (Å²) in [6.07, 6.45) is 0.743. The number of carbonyl (C=O) groups excluding carboxylic acids is 3. The average Bonchev–Trinajstić information content (AvgIpc) is 3.39. The second-order valence-electron chi connectivity index (χ2n) is 7.62. The molecule has 0 saturated carbocycles. The molecule has 2 aliphatic rings. The first-order chi connectivity index (χ1) is 15.0. The van der Waals surface area contributed by atoms with Crippen LogP contribution < -0.4 is 4.90 Å². The van der Waals surface area contributed by atoms with Gasteiger partial charge in [0.05, 0.1) is 23.4 Å². The number of likely N-dealkylation sites (N-methyl/N-ethyl adjacent to an activating group) is 1. The number of nitrogens with zero attached hydrogens (tertiary/aromatic N) is 3. The van der Waals surface area contributed by atoms with Gasteiger partial charge in [-0.15, -0.1) is 11.3 Å². The fourth-order valence-electron chi connectivity index (χ4n) is 3.74. The minimum atomic E-state index is -0.414. The highest BCUT2D eigenvalue weighted by molar-refractivity contribution is 7.11. The number of benzene rings is 1. The molecule has 162 valence electrons. The van der Waals surface area contributed by atoms with Crippen molar-refractivity contribution in [2.24, 2.45) is 0 Å². The van der Waals surface area contributed by atoms with E-state index in [1.54, 1.807) is 24.3 Å². The third-order valence-electron chi connectivity index (χ3n) is 5.44. The molecule has 0 bridgehead atoms. The summed E-state index contributed by atoms with van der Waals surface area (Å²) < 4.78 is 5.15. The molecule has 4 rings (SSSR count). The number of piperazine rings is 1. The maximum absolute atomic E-state index is 13.5. The van der Waals surface area contributed by atoms with Gasteiger partial charge in [-0.25, -0.2) is 9.69 Å². The lowest BCUT2D eigenvalue weighted by atomic mass is 10.1. The highest BCUT2D eigenvalue weighted by Crippen LogP contribution is 2.36. The van der Waals surface area contributed by atoms with Crippen LogP contribution in [0.1, 0.15) is 28.6 Å². The molecule has 1 fully saturated rings. The van der Waals surface area contributed by atoms with Gasteiger partial charge in [-0.2, -0.15) is 0 Å². The number of amides is 2. The molecule has 31 heavy (non-hydrogen) atoms. The second kappa shape index (κ2) is 9.03. The van der Waals surface area contributed by atoms with E-state index < -0.39 is 5.97 Å². The maximum Gasteiger partial charge on any atom is 0.338 e. The minimum Gasteiger partial charge on any atom is -0.462 e. The van der Waals surface area contributed by atoms with E-state index in [1.807, 2.05) is 36.4 Å². The number of hydrogen-bond acceptors (Lipinski definition) is 7. The number of carbonyl (C=O) groups is 3. The van der Waals surface area contributed by atoms with E-state index in [2.05, 4.69) is 4.90 Å². The predicted octanol–water partition coefficient (Wildman–Crippen LogP) is 2.85. The molecule has 0 aliphatic carbocycles. The van der Waals surface area contributed by atoms with Crippen molar-refractivity contribution in [3.05, 3.63) is 57.9 Å². The first-order valence-electron chi connectivity index (χ1n) is 10.4. The number of anilines is 1. The van der Waals surface area contributed by atoms with Crippen LogP contribution in [0.2, 0.25) is 0 Å². The Morgan fingerprint density at radius 1 is 1.03 bits per heavy atom. The van der Waals surface area contributed by atoms with Gasteiger partial charge in [-0.3, -0.25) is 9.59 Å². The Balaban J connectivity index is 1.65. The molecule has 1 aromatic heterocycles. The standard InChI is InChI=1S/C23H25N3O4S/c1-3-14-30-23(29)16-6-8-17(9-7-16)26-21(27)19(18-5-4-15-31-18)20(22(26)28)25-12-10-24(2)11-13-25/h4-9,15H,3,10-14H2,1-2H3. The van der Waals surface area contributed by atoms with E-state index in [-0.39, 0.29) is 11.8 Å². The molecule has 0 radical (unpaired) electrons. The molecule has 7 nitrogen and oxygen atoms in total. The van der Waals surface area contributed by atoms with Crippen molar-refractivity contribution < 1.29 is 19.1 Å². The van der Waals surface area contributed by atoms with Crippen LogP contribution in [0.3, 0.4) is 0 Å². The molecule has 8 heteroatoms. The Kier molecular flexibility index (Phi) is 6.20. The van der Waals surface area contributed by atoms with Crippen LogP contribution in [0.5, 0.6) is 0 Å². The van der Waals surface area contributed by atoms with Crippen molar-refractivity contribution in [2.45, 2.75) is 13.3 Å². The molecule has 0 unspecified atom stereocenters. The monoisotopic (exact) mass is 439 g/mol. The number of thiophene rings is 1. The van der Waals surface area contributed by atoms with Gasteiger partial charge < -0.3 is 14.5 Å². The Morgan fingerprint density at radius 2 is 1.74 bits per heavy atom. The summed E-state index contributed by atoms with van der Waals surface area (Å²) in [5.74, 6) is -1.06. The summed E-state index contributed by atoms with van der Waals surface area (Å²) in [4.78, 5) is 45.2. The van der Waals surface area contributed by atoms with Crippen LogP contribution in [-0.2, 0) is 14.3 Å². The van der Waals surface area contributed by atoms with Crippen LogP contribution in [0.15, 0.2) is 47.5 Å². The van der Waals surface area contributed by atoms with E-state index in [9.17, 15) is 14.4 Å². The number of imide groups is 1. The first kappa shape index (κ1) is 21.3. The van der Waals surface area contributed by atoms with Crippen LogP contribution in [0.4, 0.5) is 5.69 Å². The SMILES string of the molecule is CCCOC(=O)c1ccc(N2C(=O)C(c3cccs3)=C(N3CCN(C)CC3)C2=O)cc1. The lowest BCUT2D eigenvalue weighted by molar-refractivity contribution is -0.120. The summed E-state index contributed by atoms with van der Waals surface area (Å²) in [7, 11) is 2.05. The zero-order valence-electron chi connectivity index (χ0n) is 17.7. The lowest BCUT2D eigenvalue weighted by Crippen LogP contribution is -2.46. The maximum atomic E-state index is 13.5. The molecule has 0 spiro atoms. The Bertz CT molecular complexity index is 1010. The van der Waals surface area contributed by atoms with Crippen molar-refractivity contribution in [1.29, 1.82) is 0 Å². The topological polar surface area (TPSA) is 70.2 Å². The van der Waals surface area contributed by atoms with Gasteiger partial charge in [-0.1, -0.05) is 13.0 Å². The van der Waals surface area contributed by atoms with E-state index >= 15 is 0 Å². The zero-order valence-corrected chi connectivity index (χ0v) is 18.5. The normalized spacial score (nSPS) is 17.6. The number of ether oxygens (including phenoxy) is 1. The molecule has 0 atom stereocenters. The fourth-order valence-corrected chi connectivity index (χ4v) is 4.51. The van der Waals surface area contributed by atoms with Gasteiger partial charge in [0, 0.05) is 31.1 Å². The van der Waals surface area contributed by atoms with Crippen LogP contribution in [-0.4, -0.2) is 67.4 Å². The van der Waals surface area contributed by atoms with E-state index in [0.29, 0.717) is 42.2 Å². The summed E-state index contributed by atoms with van der Waals surface area (Å²) in [5, 5.41) is 1.90. The zero-order chi connectivity index (χ0) is 22.0. The summed E-state index contributed by atoms with van der Waals surface area (Å²) in [6.45, 7) is 5.32. The van der Waals surface area contributed by atoms with Gasteiger partial charge in [0.15, 0.2) is 0 Å². The Morgan fingerprint density at radius 3 is 2.35 bits per heavy atom. The van der Waals surface area contributed by atoms with Crippen LogP contribution in [0.25, 0.3) is 5.57 Å². The molecule has 1 saturated heterocycles. The largest absolute Gasteiger partial charge is 0.462 e. The van der Waals surface area contributed by atoms with Crippen molar-refractivity contribution in [2.75, 3.05) is 44.7 Å². The quantitative estimate of drug-likeness (QED) is 0.509. The average molecular weight is 440 g/mol. The van der Waals surface area contributed by atoms with Gasteiger partial charge in [-0.05, 0) is 49.2 Å². The number of esters is 1. The molecular weight excluding hydrogens is 414 g/mol. The van der Waals surface area contributed by atoms with Crippen LogP contribution >= 0.6 is 11.3 Å². The van der Waals surface area contributed by atoms with Gasteiger partial charge >= 0.3 is 5.97 Å². The highest BCUT2D eigenvalue weighted by atomic mass is 32.1. The van der Waals surface area contributed by atoms with Crippen LogP contribution in [0, 0.1) is 0 Å². The summed E-state index contributed by atoms with van der Waals surface area (Å²) in [6, 6.07) is 10.2. The minimum absolute atomic E-state index is 0.320. The molecular formula is C23H25N3O4S. The lowest BCUT2D eigenvalue weighted by Gasteiger charge is -2.34. The Hall–Kier alpha value is -2.97. The van der Waals surface area contributed by atoms with E-state index in [1.165, 1.54) is 16.2 Å². The molecule has 2 aliphatic heterocycles. The van der Waals surface area contributed by atoms with Gasteiger partial charge in [0.25, 0.3) is 11.8 Å². The van der Waals surface area contributed by atoms with Crippen molar-refractivity contribution >= 4 is 40.4 Å².